The molecule has 0 radical (unpaired) electrons. The van der Waals surface area contributed by atoms with E-state index in [-0.39, 0.29) is 11.5 Å². The molecule has 21 heteroatoms. The lowest BCUT2D eigenvalue weighted by Gasteiger charge is -2.26. The summed E-state index contributed by atoms with van der Waals surface area (Å²) in [5, 5.41) is 21.2. The fourth-order valence-corrected chi connectivity index (χ4v) is 6.42. The van der Waals surface area contributed by atoms with Crippen LogP contribution in [0.3, 0.4) is 0 Å². The van der Waals surface area contributed by atoms with Crippen LogP contribution in [-0.2, 0) is 31.6 Å². The second-order valence-corrected chi connectivity index (χ2v) is 11.7. The fourth-order valence-electron chi connectivity index (χ4n) is 3.39. The van der Waals surface area contributed by atoms with Crippen molar-refractivity contribution in [2.45, 2.75) is 37.9 Å². The van der Waals surface area contributed by atoms with Crippen LogP contribution in [0.4, 0.5) is 4.39 Å². The summed E-state index contributed by atoms with van der Waals surface area (Å²) in [5.41, 5.74) is -3.66. The van der Waals surface area contributed by atoms with Crippen LogP contribution in [0.5, 0.6) is 0 Å². The third-order valence-corrected chi connectivity index (χ3v) is 8.44. The number of phosphoric acid groups is 3. The molecule has 36 heavy (non-hydrogen) atoms. The molecular formula is C15H19FN3O14P3. The highest BCUT2D eigenvalue weighted by Crippen LogP contribution is 2.66. The van der Waals surface area contributed by atoms with Crippen molar-refractivity contribution in [3.8, 4) is 11.8 Å². The van der Waals surface area contributed by atoms with Gasteiger partial charge in [-0.25, -0.2) is 23.1 Å². The first-order valence-corrected chi connectivity index (χ1v) is 14.0. The zero-order chi connectivity index (χ0) is 27.3. The van der Waals surface area contributed by atoms with Gasteiger partial charge in [-0.3, -0.25) is 13.9 Å². The van der Waals surface area contributed by atoms with Crippen molar-refractivity contribution >= 4 is 34.5 Å². The first kappa shape index (κ1) is 28.8. The number of H-pyrrole nitrogens is 1. The molecule has 1 aliphatic rings. The Morgan fingerprint density at radius 2 is 1.89 bits per heavy atom. The van der Waals surface area contributed by atoms with Gasteiger partial charge in [0.25, 0.3) is 5.56 Å². The number of aliphatic hydroxyl groups excluding tert-OH is 1. The normalized spacial score (nSPS) is 27.9. The van der Waals surface area contributed by atoms with Crippen LogP contribution in [-0.4, -0.2) is 68.7 Å². The summed E-state index contributed by atoms with van der Waals surface area (Å²) >= 11 is 0. The Kier molecular flexibility index (Phi) is 7.85. The number of aryl methyl sites for hydroxylation is 1. The number of rotatable bonds is 8. The van der Waals surface area contributed by atoms with Crippen molar-refractivity contribution in [1.29, 1.82) is 0 Å². The van der Waals surface area contributed by atoms with E-state index >= 15 is 0 Å². The SMILES string of the molecule is CC#CC1(O)[C@@H](O)[C@@H](COP(=O)(O)OP(=O)(O)OP(=O)(O)O)O[C@H]1n1cc(F)c2c(=O)[nH]c(C)nc21. The Morgan fingerprint density at radius 3 is 2.47 bits per heavy atom. The van der Waals surface area contributed by atoms with Crippen LogP contribution in [0, 0.1) is 24.6 Å². The van der Waals surface area contributed by atoms with Gasteiger partial charge >= 0.3 is 23.5 Å². The van der Waals surface area contributed by atoms with E-state index in [0.29, 0.717) is 0 Å². The smallest absolute Gasteiger partial charge is 0.386 e. The Morgan fingerprint density at radius 1 is 1.25 bits per heavy atom. The maximum Gasteiger partial charge on any atom is 0.490 e. The van der Waals surface area contributed by atoms with Gasteiger partial charge in [-0.2, -0.15) is 8.62 Å². The van der Waals surface area contributed by atoms with Crippen molar-refractivity contribution < 1.29 is 65.8 Å². The van der Waals surface area contributed by atoms with Gasteiger partial charge < -0.3 is 39.5 Å². The monoisotopic (exact) mass is 577 g/mol. The maximum atomic E-state index is 14.5. The third-order valence-electron chi connectivity index (χ3n) is 4.63. The molecule has 3 unspecified atom stereocenters. The summed E-state index contributed by atoms with van der Waals surface area (Å²) in [5.74, 6) is 3.63. The van der Waals surface area contributed by atoms with Gasteiger partial charge in [0.2, 0.25) is 0 Å². The topological polar surface area (TPSA) is 260 Å². The van der Waals surface area contributed by atoms with E-state index < -0.39 is 70.9 Å². The molecule has 1 aliphatic heterocycles. The number of halogens is 1. The lowest BCUT2D eigenvalue weighted by atomic mass is 9.94. The highest BCUT2D eigenvalue weighted by molar-refractivity contribution is 7.66. The number of aliphatic hydroxyl groups is 2. The van der Waals surface area contributed by atoms with Gasteiger partial charge in [-0.15, -0.1) is 5.92 Å². The molecule has 0 amide bonds. The number of hydrogen-bond donors (Lipinski definition) is 7. The van der Waals surface area contributed by atoms with Gasteiger partial charge in [0.1, 0.15) is 23.4 Å². The van der Waals surface area contributed by atoms with E-state index in [1.165, 1.54) is 13.8 Å². The minimum Gasteiger partial charge on any atom is -0.386 e. The Balaban J connectivity index is 1.91. The van der Waals surface area contributed by atoms with Crippen LogP contribution < -0.4 is 5.56 Å². The molecule has 17 nitrogen and oxygen atoms in total. The molecule has 2 aromatic rings. The lowest BCUT2D eigenvalue weighted by Crippen LogP contribution is -2.46. The fraction of sp³-hybridized carbons (Fsp3) is 0.467. The first-order chi connectivity index (χ1) is 16.4. The second-order valence-electron chi connectivity index (χ2n) is 7.29. The summed E-state index contributed by atoms with van der Waals surface area (Å²) in [6, 6.07) is 0. The molecule has 2 aromatic heterocycles. The first-order valence-electron chi connectivity index (χ1n) is 9.44. The average molecular weight is 577 g/mol. The van der Waals surface area contributed by atoms with Crippen LogP contribution >= 0.6 is 23.5 Å². The van der Waals surface area contributed by atoms with Crippen molar-refractivity contribution in [2.75, 3.05) is 6.61 Å². The Hall–Kier alpha value is -1.80. The van der Waals surface area contributed by atoms with Gasteiger partial charge in [-0.1, -0.05) is 5.92 Å². The Labute approximate surface area is 199 Å². The highest BCUT2D eigenvalue weighted by atomic mass is 31.3. The maximum absolute atomic E-state index is 14.5. The van der Waals surface area contributed by atoms with Crippen molar-refractivity contribution in [1.82, 2.24) is 14.5 Å². The number of nitrogens with zero attached hydrogens (tertiary/aromatic N) is 2. The molecule has 7 N–H and O–H groups in total. The molecule has 200 valence electrons. The molecule has 6 atom stereocenters. The van der Waals surface area contributed by atoms with Gasteiger partial charge in [0, 0.05) is 6.20 Å². The predicted octanol–water partition coefficient (Wildman–Crippen LogP) is -0.472. The zero-order valence-corrected chi connectivity index (χ0v) is 20.8. The van der Waals surface area contributed by atoms with E-state index in [2.05, 4.69) is 35.0 Å². The number of aromatic nitrogens is 3. The van der Waals surface area contributed by atoms with Crippen LogP contribution in [0.1, 0.15) is 19.0 Å². The molecule has 3 heterocycles. The molecule has 0 bridgehead atoms. The van der Waals surface area contributed by atoms with E-state index in [4.69, 9.17) is 14.5 Å². The number of ether oxygens (including phenoxy) is 1. The average Bonchev–Trinajstić information content (AvgIpc) is 3.12. The van der Waals surface area contributed by atoms with Crippen molar-refractivity contribution in [2.24, 2.45) is 0 Å². The summed E-state index contributed by atoms with van der Waals surface area (Å²) in [4.78, 5) is 54.4. The standard InChI is InChI=1S/C15H19FN3O14P3/c1-3-4-15(22)11(20)9(6-30-35(26,27)33-36(28,29)32-34(23,24)25)31-14(15)19-5-8(16)10-12(19)17-7(2)18-13(10)21/h5,9,11,14,20,22H,6H2,1-2H3,(H,26,27)(H,28,29)(H,17,18,21)(H2,23,24,25)/t9-,11+,14-,15?/m1/s1. The molecule has 0 spiro atoms. The molecule has 0 saturated carbocycles. The number of hydrogen-bond acceptors (Lipinski definition) is 11. The van der Waals surface area contributed by atoms with Crippen LogP contribution in [0.25, 0.3) is 11.0 Å². The minimum absolute atomic E-state index is 0.0692. The van der Waals surface area contributed by atoms with Crippen LogP contribution in [0.15, 0.2) is 11.0 Å². The molecule has 1 fully saturated rings. The van der Waals surface area contributed by atoms with Crippen molar-refractivity contribution in [3.05, 3.63) is 28.2 Å². The second kappa shape index (κ2) is 9.82. The van der Waals surface area contributed by atoms with E-state index in [0.717, 1.165) is 10.8 Å². The van der Waals surface area contributed by atoms with E-state index in [1.807, 2.05) is 0 Å². The number of fused-ring (bicyclic) bond motifs is 1. The molecule has 0 aliphatic carbocycles. The van der Waals surface area contributed by atoms with Gasteiger partial charge in [0.15, 0.2) is 23.3 Å². The molecule has 1 saturated heterocycles. The summed E-state index contributed by atoms with van der Waals surface area (Å²) in [6.07, 6.45) is -4.76. The van der Waals surface area contributed by atoms with Gasteiger partial charge in [0.05, 0.1) is 6.61 Å². The number of aromatic amines is 1. The van der Waals surface area contributed by atoms with Crippen molar-refractivity contribution in [3.63, 3.8) is 0 Å². The molecule has 0 aromatic carbocycles. The van der Waals surface area contributed by atoms with Gasteiger partial charge in [-0.05, 0) is 13.8 Å². The zero-order valence-electron chi connectivity index (χ0n) is 18.1. The van der Waals surface area contributed by atoms with E-state index in [9.17, 15) is 42.9 Å². The quantitative estimate of drug-likeness (QED) is 0.154. The minimum atomic E-state index is -5.81. The number of phosphoric ester groups is 1. The summed E-state index contributed by atoms with van der Waals surface area (Å²) < 4.78 is 66.6. The molecular weight excluding hydrogens is 558 g/mol. The van der Waals surface area contributed by atoms with E-state index in [1.54, 1.807) is 0 Å². The van der Waals surface area contributed by atoms with Crippen LogP contribution in [0.2, 0.25) is 0 Å². The Bertz CT molecular complexity index is 1440. The largest absolute Gasteiger partial charge is 0.490 e. The number of nitrogens with one attached hydrogen (secondary N) is 1. The highest BCUT2D eigenvalue weighted by Gasteiger charge is 2.57. The molecule has 3 rings (SSSR count). The summed E-state index contributed by atoms with van der Waals surface area (Å²) in [7, 11) is -17.0. The summed E-state index contributed by atoms with van der Waals surface area (Å²) in [6.45, 7) is 1.54. The third kappa shape index (κ3) is 6.01. The lowest BCUT2D eigenvalue weighted by molar-refractivity contribution is -0.0718. The predicted molar refractivity (Wildman–Crippen MR) is 113 cm³/mol.